The summed E-state index contributed by atoms with van der Waals surface area (Å²) < 4.78 is 6.63. The van der Waals surface area contributed by atoms with Crippen molar-refractivity contribution in [2.45, 2.75) is 6.61 Å². The lowest BCUT2D eigenvalue weighted by Crippen LogP contribution is -2.54. The number of nitrogens with zero attached hydrogens (tertiary/aromatic N) is 2. The van der Waals surface area contributed by atoms with Crippen molar-refractivity contribution < 1.29 is 24.0 Å². The molecule has 1 heterocycles. The first kappa shape index (κ1) is 24.8. The Morgan fingerprint density at radius 3 is 2.42 bits per heavy atom. The number of urea groups is 1. The minimum atomic E-state index is -0.940. The molecule has 188 valence electrons. The molecular weight excluding hydrogens is 554 g/mol. The van der Waals surface area contributed by atoms with Crippen molar-refractivity contribution in [1.29, 1.82) is 0 Å². The molecule has 0 spiro atoms. The predicted molar refractivity (Wildman–Crippen MR) is 145 cm³/mol. The molecule has 9 nitrogen and oxygen atoms in total. The molecule has 0 unspecified atom stereocenters. The highest BCUT2D eigenvalue weighted by atomic mass is 79.9. The van der Waals surface area contributed by atoms with Crippen LogP contribution >= 0.6 is 15.9 Å². The summed E-state index contributed by atoms with van der Waals surface area (Å²) in [7, 11) is 0. The fraction of sp³-hybridized carbons (Fsp3) is 0.0357. The van der Waals surface area contributed by atoms with E-state index in [9.17, 15) is 24.5 Å². The molecule has 0 radical (unpaired) electrons. The zero-order valence-corrected chi connectivity index (χ0v) is 21.2. The van der Waals surface area contributed by atoms with Gasteiger partial charge >= 0.3 is 6.03 Å². The Kier molecular flexibility index (Phi) is 6.71. The van der Waals surface area contributed by atoms with Gasteiger partial charge in [-0.1, -0.05) is 48.5 Å². The summed E-state index contributed by atoms with van der Waals surface area (Å²) in [6.45, 7) is 0.341. The summed E-state index contributed by atoms with van der Waals surface area (Å²) in [6.07, 6.45) is 1.36. The number of anilines is 1. The summed E-state index contributed by atoms with van der Waals surface area (Å²) in [5, 5.41) is 15.3. The largest absolute Gasteiger partial charge is 0.488 e. The lowest BCUT2D eigenvalue weighted by atomic mass is 10.1. The van der Waals surface area contributed by atoms with Gasteiger partial charge < -0.3 is 4.74 Å². The number of nitro groups is 1. The summed E-state index contributed by atoms with van der Waals surface area (Å²) in [5.41, 5.74) is 1.18. The van der Waals surface area contributed by atoms with Gasteiger partial charge in [-0.3, -0.25) is 25.0 Å². The second-order valence-corrected chi connectivity index (χ2v) is 9.20. The molecule has 0 bridgehead atoms. The number of halogens is 1. The van der Waals surface area contributed by atoms with Gasteiger partial charge in [0.15, 0.2) is 0 Å². The molecule has 10 heteroatoms. The van der Waals surface area contributed by atoms with E-state index >= 15 is 0 Å². The molecule has 0 aromatic heterocycles. The third kappa shape index (κ3) is 4.89. The van der Waals surface area contributed by atoms with Crippen molar-refractivity contribution >= 4 is 62.0 Å². The van der Waals surface area contributed by atoms with Crippen LogP contribution in [0.1, 0.15) is 11.1 Å². The Hall–Kier alpha value is -4.83. The lowest BCUT2D eigenvalue weighted by molar-refractivity contribution is -0.384. The number of ether oxygens (including phenoxy) is 1. The third-order valence-electron chi connectivity index (χ3n) is 5.95. The van der Waals surface area contributed by atoms with E-state index in [1.54, 1.807) is 18.2 Å². The number of barbiturate groups is 1. The Balaban J connectivity index is 1.37. The highest BCUT2D eigenvalue weighted by Crippen LogP contribution is 2.30. The predicted octanol–water partition coefficient (Wildman–Crippen LogP) is 5.76. The van der Waals surface area contributed by atoms with Gasteiger partial charge in [0.2, 0.25) is 0 Å². The number of non-ortho nitro benzene ring substituents is 1. The van der Waals surface area contributed by atoms with Crippen LogP contribution in [0.5, 0.6) is 5.75 Å². The van der Waals surface area contributed by atoms with Crippen LogP contribution in [-0.4, -0.2) is 22.8 Å². The molecule has 1 N–H and O–H groups in total. The highest BCUT2D eigenvalue weighted by molar-refractivity contribution is 9.10. The molecule has 1 saturated heterocycles. The van der Waals surface area contributed by atoms with Gasteiger partial charge in [-0.05, 0) is 68.2 Å². The zero-order valence-electron chi connectivity index (χ0n) is 19.6. The number of fused-ring (bicyclic) bond motifs is 1. The topological polar surface area (TPSA) is 119 Å². The van der Waals surface area contributed by atoms with Gasteiger partial charge in [-0.15, -0.1) is 0 Å². The van der Waals surface area contributed by atoms with Crippen LogP contribution in [0.2, 0.25) is 0 Å². The standard InChI is InChI=1S/C28H18BrN3O6/c29-24-15-17(8-13-25(24)38-16-19-6-3-5-18-4-1-2-7-22(18)19)14-23-26(33)30-28(35)31(27(23)34)20-9-11-21(12-10-20)32(36)37/h1-15H,16H2,(H,30,33,35)/b23-14+. The van der Waals surface area contributed by atoms with Gasteiger partial charge in [0.25, 0.3) is 17.5 Å². The van der Waals surface area contributed by atoms with Gasteiger partial charge in [-0.2, -0.15) is 0 Å². The van der Waals surface area contributed by atoms with Crippen molar-refractivity contribution in [3.63, 3.8) is 0 Å². The molecule has 4 aromatic rings. The number of nitrogens with one attached hydrogen (secondary N) is 1. The van der Waals surface area contributed by atoms with Crippen LogP contribution < -0.4 is 15.0 Å². The van der Waals surface area contributed by atoms with Gasteiger partial charge in [0.05, 0.1) is 15.1 Å². The van der Waals surface area contributed by atoms with E-state index in [-0.39, 0.29) is 16.9 Å². The second kappa shape index (κ2) is 10.3. The minimum absolute atomic E-state index is 0.0925. The van der Waals surface area contributed by atoms with Crippen LogP contribution in [0.3, 0.4) is 0 Å². The maximum atomic E-state index is 13.1. The van der Waals surface area contributed by atoms with Crippen LogP contribution in [0, 0.1) is 10.1 Å². The number of carbonyl (C=O) groups is 3. The van der Waals surface area contributed by atoms with Crippen molar-refractivity contribution in [2.24, 2.45) is 0 Å². The summed E-state index contributed by atoms with van der Waals surface area (Å²) in [6, 6.07) is 23.1. The van der Waals surface area contributed by atoms with Crippen molar-refractivity contribution in [2.75, 3.05) is 4.90 Å². The van der Waals surface area contributed by atoms with Crippen LogP contribution in [0.25, 0.3) is 16.8 Å². The molecule has 38 heavy (non-hydrogen) atoms. The van der Waals surface area contributed by atoms with E-state index in [0.717, 1.165) is 21.2 Å². The fourth-order valence-corrected chi connectivity index (χ4v) is 4.59. The van der Waals surface area contributed by atoms with Gasteiger partial charge in [0.1, 0.15) is 17.9 Å². The van der Waals surface area contributed by atoms with E-state index in [2.05, 4.69) is 21.2 Å². The zero-order chi connectivity index (χ0) is 26.8. The third-order valence-corrected chi connectivity index (χ3v) is 6.57. The summed E-state index contributed by atoms with van der Waals surface area (Å²) >= 11 is 3.48. The molecule has 1 aliphatic heterocycles. The average Bonchev–Trinajstić information content (AvgIpc) is 2.91. The molecule has 5 rings (SSSR count). The van der Waals surface area contributed by atoms with Gasteiger partial charge in [0, 0.05) is 12.1 Å². The molecule has 0 saturated carbocycles. The number of nitro benzene ring substituents is 1. The SMILES string of the molecule is O=C1NC(=O)N(c2ccc([N+](=O)[O-])cc2)C(=O)/C1=C/c1ccc(OCc2cccc3ccccc23)c(Br)c1. The Morgan fingerprint density at radius 1 is 0.947 bits per heavy atom. The smallest absolute Gasteiger partial charge is 0.335 e. The second-order valence-electron chi connectivity index (χ2n) is 8.35. The van der Waals surface area contributed by atoms with Crippen molar-refractivity contribution in [1.82, 2.24) is 5.32 Å². The Labute approximate surface area is 224 Å². The normalized spacial score (nSPS) is 14.6. The van der Waals surface area contributed by atoms with Crippen molar-refractivity contribution in [3.8, 4) is 5.75 Å². The minimum Gasteiger partial charge on any atom is -0.488 e. The maximum Gasteiger partial charge on any atom is 0.335 e. The van der Waals surface area contributed by atoms with E-state index in [1.807, 2.05) is 42.5 Å². The maximum absolute atomic E-state index is 13.1. The first-order valence-corrected chi connectivity index (χ1v) is 12.2. The molecule has 4 aromatic carbocycles. The molecule has 1 fully saturated rings. The first-order chi connectivity index (χ1) is 18.3. The van der Waals surface area contributed by atoms with Crippen LogP contribution in [0.15, 0.2) is 95.0 Å². The lowest BCUT2D eigenvalue weighted by Gasteiger charge is -2.26. The summed E-state index contributed by atoms with van der Waals surface area (Å²) in [4.78, 5) is 49.0. The monoisotopic (exact) mass is 571 g/mol. The van der Waals surface area contributed by atoms with Crippen LogP contribution in [-0.2, 0) is 16.2 Å². The Bertz CT molecular complexity index is 1640. The summed E-state index contributed by atoms with van der Waals surface area (Å²) in [5.74, 6) is -1.12. The number of hydrogen-bond acceptors (Lipinski definition) is 6. The van der Waals surface area contributed by atoms with E-state index in [1.165, 1.54) is 30.3 Å². The Morgan fingerprint density at radius 2 is 1.68 bits per heavy atom. The van der Waals surface area contributed by atoms with Gasteiger partial charge in [-0.25, -0.2) is 9.69 Å². The van der Waals surface area contributed by atoms with Crippen molar-refractivity contribution in [3.05, 3.63) is 116 Å². The molecule has 1 aliphatic rings. The number of hydrogen-bond donors (Lipinski definition) is 1. The van der Waals surface area contributed by atoms with E-state index in [0.29, 0.717) is 22.4 Å². The number of carbonyl (C=O) groups excluding carboxylic acids is 3. The van der Waals surface area contributed by atoms with Crippen LogP contribution in [0.4, 0.5) is 16.2 Å². The molecular formula is C28H18BrN3O6. The average molecular weight is 572 g/mol. The number of benzene rings is 4. The molecule has 0 aliphatic carbocycles. The quantitative estimate of drug-likeness (QED) is 0.136. The van der Waals surface area contributed by atoms with E-state index < -0.39 is 22.8 Å². The molecule has 4 amide bonds. The van der Waals surface area contributed by atoms with E-state index in [4.69, 9.17) is 4.74 Å². The number of imide groups is 2. The molecule has 0 atom stereocenters. The number of amides is 4. The highest BCUT2D eigenvalue weighted by Gasteiger charge is 2.37. The number of rotatable bonds is 6. The fourth-order valence-electron chi connectivity index (χ4n) is 4.08. The first-order valence-electron chi connectivity index (χ1n) is 11.4.